The lowest BCUT2D eigenvalue weighted by Gasteiger charge is -2.27. The van der Waals surface area contributed by atoms with E-state index in [4.69, 9.17) is 14.2 Å². The summed E-state index contributed by atoms with van der Waals surface area (Å²) in [7, 11) is 1.39. The molecule has 0 atom stereocenters. The van der Waals surface area contributed by atoms with Crippen molar-refractivity contribution in [2.24, 2.45) is 7.05 Å². The topological polar surface area (TPSA) is 129 Å². The number of nitrogens with one attached hydrogen (secondary N) is 1. The molecule has 0 aliphatic rings. The third-order valence-electron chi connectivity index (χ3n) is 5.12. The predicted molar refractivity (Wildman–Crippen MR) is 162 cm³/mol. The predicted octanol–water partition coefficient (Wildman–Crippen LogP) is 7.07. The Morgan fingerprint density at radius 2 is 1.60 bits per heavy atom. The molecule has 0 aliphatic heterocycles. The van der Waals surface area contributed by atoms with Gasteiger partial charge in [0.2, 0.25) is 5.13 Å². The van der Waals surface area contributed by atoms with Crippen LogP contribution < -0.4 is 15.8 Å². The van der Waals surface area contributed by atoms with Gasteiger partial charge in [0.25, 0.3) is 5.56 Å². The molecule has 0 saturated heterocycles. The van der Waals surface area contributed by atoms with Gasteiger partial charge in [-0.3, -0.25) is 9.36 Å². The summed E-state index contributed by atoms with van der Waals surface area (Å²) in [5.74, 6) is -1.55. The fourth-order valence-corrected chi connectivity index (χ4v) is 4.52. The Kier molecular flexibility index (Phi) is 10.8. The highest BCUT2D eigenvalue weighted by Crippen LogP contribution is 2.35. The molecule has 2 aromatic heterocycles. The Hall–Kier alpha value is -4.00. The maximum atomic E-state index is 14.7. The van der Waals surface area contributed by atoms with E-state index in [0.29, 0.717) is 21.8 Å². The van der Waals surface area contributed by atoms with Gasteiger partial charge in [0.1, 0.15) is 38.6 Å². The number of carbonyl (C=O) groups is 3. The van der Waals surface area contributed by atoms with Crippen LogP contribution in [0.2, 0.25) is 0 Å². The van der Waals surface area contributed by atoms with Gasteiger partial charge in [0, 0.05) is 7.05 Å². The summed E-state index contributed by atoms with van der Waals surface area (Å²) in [6.07, 6.45) is -2.18. The Balaban J connectivity index is 0.00000301. The van der Waals surface area contributed by atoms with Crippen molar-refractivity contribution in [3.8, 4) is 0 Å². The maximum Gasteiger partial charge on any atom is 0.426 e. The van der Waals surface area contributed by atoms with Crippen molar-refractivity contribution in [3.05, 3.63) is 45.5 Å². The first-order valence-corrected chi connectivity index (χ1v) is 14.2. The number of carbonyl (C=O) groups excluding carboxylic acids is 3. The van der Waals surface area contributed by atoms with E-state index in [1.165, 1.54) is 19.2 Å². The summed E-state index contributed by atoms with van der Waals surface area (Å²) in [4.78, 5) is 57.9. The van der Waals surface area contributed by atoms with Gasteiger partial charge in [-0.25, -0.2) is 23.8 Å². The minimum atomic E-state index is -1.09. The molecule has 0 bridgehead atoms. The SMILES string of the molecule is CC.CCOC(=O)c1c(Nc2ccc(C)cc2F)n(C)c(=O)c2sc(N(C(=O)OC(C)(C)C)C(=O)OC(C)(C)C)nc12. The van der Waals surface area contributed by atoms with Gasteiger partial charge in [-0.05, 0) is 73.1 Å². The fraction of sp³-hybridized carbons (Fsp3) is 0.483. The molecule has 0 fully saturated rings. The lowest BCUT2D eigenvalue weighted by Crippen LogP contribution is -2.43. The van der Waals surface area contributed by atoms with Crippen LogP contribution in [-0.2, 0) is 21.3 Å². The third kappa shape index (κ3) is 8.05. The van der Waals surface area contributed by atoms with Gasteiger partial charge in [0.05, 0.1) is 12.3 Å². The monoisotopic (exact) mass is 606 g/mol. The van der Waals surface area contributed by atoms with Crippen LogP contribution in [-0.4, -0.2) is 45.5 Å². The van der Waals surface area contributed by atoms with Crippen LogP contribution in [0, 0.1) is 12.7 Å². The van der Waals surface area contributed by atoms with E-state index in [1.807, 2.05) is 13.8 Å². The first-order valence-electron chi connectivity index (χ1n) is 13.4. The van der Waals surface area contributed by atoms with Crippen LogP contribution in [0.5, 0.6) is 0 Å². The maximum absolute atomic E-state index is 14.7. The molecule has 0 unspecified atom stereocenters. The number of amides is 2. The second-order valence-corrected chi connectivity index (χ2v) is 11.9. The van der Waals surface area contributed by atoms with E-state index in [2.05, 4.69) is 10.3 Å². The number of imide groups is 1. The smallest absolute Gasteiger partial charge is 0.426 e. The molecule has 3 rings (SSSR count). The number of halogens is 1. The number of pyridine rings is 1. The molecule has 42 heavy (non-hydrogen) atoms. The average molecular weight is 607 g/mol. The summed E-state index contributed by atoms with van der Waals surface area (Å²) < 4.78 is 31.8. The standard InChI is InChI=1S/C27H33FN4O7S.C2H6/c1-10-37-22(34)17-18-19(21(33)31(9)20(17)29-16-12-11-14(2)13-15(16)28)40-23(30-18)32(24(35)38-26(3,4)5)25(36)39-27(6,7)8;1-2/h11-13,29H,10H2,1-9H3;1-2H3. The zero-order valence-corrected chi connectivity index (χ0v) is 26.7. The summed E-state index contributed by atoms with van der Waals surface area (Å²) in [5.41, 5.74) is -2.22. The van der Waals surface area contributed by atoms with Gasteiger partial charge in [-0.15, -0.1) is 0 Å². The highest BCUT2D eigenvalue weighted by molar-refractivity contribution is 7.22. The number of thiazole rings is 1. The Morgan fingerprint density at radius 3 is 2.07 bits per heavy atom. The molecule has 0 radical (unpaired) electrons. The van der Waals surface area contributed by atoms with E-state index >= 15 is 0 Å². The van der Waals surface area contributed by atoms with Crippen LogP contribution in [0.1, 0.15) is 78.2 Å². The van der Waals surface area contributed by atoms with Crippen molar-refractivity contribution in [3.63, 3.8) is 0 Å². The van der Waals surface area contributed by atoms with Crippen molar-refractivity contribution in [2.45, 2.75) is 80.4 Å². The Labute approximate surface area is 248 Å². The number of hydrogen-bond acceptors (Lipinski definition) is 10. The van der Waals surface area contributed by atoms with Gasteiger partial charge < -0.3 is 19.5 Å². The quantitative estimate of drug-likeness (QED) is 0.239. The Morgan fingerprint density at radius 1 is 1.05 bits per heavy atom. The molecule has 13 heteroatoms. The van der Waals surface area contributed by atoms with Gasteiger partial charge >= 0.3 is 18.2 Å². The van der Waals surface area contributed by atoms with Crippen molar-refractivity contribution < 1.29 is 33.0 Å². The van der Waals surface area contributed by atoms with Gasteiger partial charge in [-0.1, -0.05) is 31.3 Å². The molecule has 230 valence electrons. The number of fused-ring (bicyclic) bond motifs is 1. The van der Waals surface area contributed by atoms with Crippen LogP contribution in [0.4, 0.5) is 30.6 Å². The highest BCUT2D eigenvalue weighted by atomic mass is 32.1. The lowest BCUT2D eigenvalue weighted by atomic mass is 10.2. The summed E-state index contributed by atoms with van der Waals surface area (Å²) >= 11 is 0.695. The van der Waals surface area contributed by atoms with E-state index in [-0.39, 0.29) is 39.0 Å². The first kappa shape index (κ1) is 34.2. The molecule has 11 nitrogen and oxygen atoms in total. The molecule has 0 aliphatic carbocycles. The second kappa shape index (κ2) is 13.3. The summed E-state index contributed by atoms with van der Waals surface area (Å²) in [5, 5.41) is 2.55. The number of ether oxygens (including phenoxy) is 3. The fourth-order valence-electron chi connectivity index (χ4n) is 3.49. The number of aromatic nitrogens is 2. The van der Waals surface area contributed by atoms with Crippen molar-refractivity contribution >= 4 is 56.3 Å². The zero-order valence-electron chi connectivity index (χ0n) is 25.9. The average Bonchev–Trinajstić information content (AvgIpc) is 3.27. The molecular weight excluding hydrogens is 567 g/mol. The molecule has 2 amide bonds. The molecule has 3 aromatic rings. The number of rotatable bonds is 5. The van der Waals surface area contributed by atoms with Crippen LogP contribution in [0.15, 0.2) is 23.0 Å². The normalized spacial score (nSPS) is 11.3. The largest absolute Gasteiger partial charge is 0.462 e. The number of esters is 1. The van der Waals surface area contributed by atoms with Crippen molar-refractivity contribution in [1.82, 2.24) is 9.55 Å². The molecule has 0 spiro atoms. The number of nitrogens with zero attached hydrogens (tertiary/aromatic N) is 3. The number of benzene rings is 1. The minimum absolute atomic E-state index is 0.000433. The van der Waals surface area contributed by atoms with E-state index in [1.54, 1.807) is 61.5 Å². The number of anilines is 3. The molecule has 0 saturated carbocycles. The summed E-state index contributed by atoms with van der Waals surface area (Å²) in [6.45, 7) is 17.0. The minimum Gasteiger partial charge on any atom is -0.462 e. The molecule has 2 heterocycles. The van der Waals surface area contributed by atoms with Crippen LogP contribution in [0.25, 0.3) is 10.2 Å². The van der Waals surface area contributed by atoms with Crippen LogP contribution in [0.3, 0.4) is 0 Å². The van der Waals surface area contributed by atoms with Gasteiger partial charge in [0.15, 0.2) is 0 Å². The Bertz CT molecular complexity index is 1510. The molecular formula is C29H39FN4O7S. The zero-order chi connectivity index (χ0) is 32.2. The number of aryl methyl sites for hydroxylation is 1. The lowest BCUT2D eigenvalue weighted by molar-refractivity contribution is 0.0429. The van der Waals surface area contributed by atoms with Crippen molar-refractivity contribution in [2.75, 3.05) is 16.8 Å². The summed E-state index contributed by atoms with van der Waals surface area (Å²) in [6, 6.07) is 4.42. The van der Waals surface area contributed by atoms with Crippen LogP contribution >= 0.6 is 11.3 Å². The first-order chi connectivity index (χ1) is 19.4. The molecule has 1 N–H and O–H groups in total. The number of hydrogen-bond donors (Lipinski definition) is 1. The van der Waals surface area contributed by atoms with E-state index in [9.17, 15) is 23.6 Å². The van der Waals surface area contributed by atoms with E-state index in [0.717, 1.165) is 4.57 Å². The second-order valence-electron chi connectivity index (χ2n) is 10.9. The van der Waals surface area contributed by atoms with Crippen molar-refractivity contribution in [1.29, 1.82) is 0 Å². The van der Waals surface area contributed by atoms with E-state index < -0.39 is 40.7 Å². The third-order valence-corrected chi connectivity index (χ3v) is 6.15. The molecule has 1 aromatic carbocycles. The van der Waals surface area contributed by atoms with Gasteiger partial charge in [-0.2, -0.15) is 4.90 Å². The highest BCUT2D eigenvalue weighted by Gasteiger charge is 2.36.